The molecule has 2 amide bonds. The van der Waals surface area contributed by atoms with Gasteiger partial charge in [-0.25, -0.2) is 8.78 Å². The van der Waals surface area contributed by atoms with Crippen molar-refractivity contribution < 1.29 is 18.4 Å². The molecule has 8 heteroatoms. The lowest BCUT2D eigenvalue weighted by Crippen LogP contribution is -2.16. The fourth-order valence-electron chi connectivity index (χ4n) is 2.30. The number of hydrogen-bond acceptors (Lipinski definition) is 4. The maximum Gasteiger partial charge on any atom is 0.257 e. The molecule has 0 spiro atoms. The van der Waals surface area contributed by atoms with Crippen molar-refractivity contribution in [3.63, 3.8) is 0 Å². The zero-order chi connectivity index (χ0) is 20.1. The van der Waals surface area contributed by atoms with Gasteiger partial charge in [-0.1, -0.05) is 0 Å². The third kappa shape index (κ3) is 4.34. The number of halogens is 2. The molecular formula is C20H12F2N4O2. The Morgan fingerprint density at radius 2 is 1.54 bits per heavy atom. The van der Waals surface area contributed by atoms with E-state index in [0.717, 1.165) is 12.1 Å². The van der Waals surface area contributed by atoms with Gasteiger partial charge < -0.3 is 10.6 Å². The van der Waals surface area contributed by atoms with E-state index >= 15 is 0 Å². The van der Waals surface area contributed by atoms with Gasteiger partial charge in [0.1, 0.15) is 11.6 Å². The van der Waals surface area contributed by atoms with Gasteiger partial charge >= 0.3 is 0 Å². The van der Waals surface area contributed by atoms with Gasteiger partial charge in [-0.15, -0.1) is 0 Å². The first-order valence-corrected chi connectivity index (χ1v) is 7.99. The van der Waals surface area contributed by atoms with Crippen molar-refractivity contribution >= 4 is 23.2 Å². The number of carbonyl (C=O) groups excluding carboxylic acids is 2. The summed E-state index contributed by atoms with van der Waals surface area (Å²) in [5, 5.41) is 13.7. The van der Waals surface area contributed by atoms with Crippen LogP contribution in [0.15, 0.2) is 60.9 Å². The normalized spacial score (nSPS) is 10.0. The second-order valence-electron chi connectivity index (χ2n) is 5.68. The summed E-state index contributed by atoms with van der Waals surface area (Å²) in [5.41, 5.74) is 0.852. The van der Waals surface area contributed by atoms with Crippen molar-refractivity contribution in [2.24, 2.45) is 0 Å². The molecule has 28 heavy (non-hydrogen) atoms. The van der Waals surface area contributed by atoms with Crippen LogP contribution in [-0.4, -0.2) is 16.8 Å². The van der Waals surface area contributed by atoms with Gasteiger partial charge in [0.25, 0.3) is 11.8 Å². The van der Waals surface area contributed by atoms with Crippen LogP contribution in [0.4, 0.5) is 20.2 Å². The van der Waals surface area contributed by atoms with Gasteiger partial charge in [0.15, 0.2) is 0 Å². The fourth-order valence-corrected chi connectivity index (χ4v) is 2.30. The third-order valence-corrected chi connectivity index (χ3v) is 3.71. The molecular weight excluding hydrogens is 366 g/mol. The van der Waals surface area contributed by atoms with Gasteiger partial charge in [-0.3, -0.25) is 14.6 Å². The van der Waals surface area contributed by atoms with E-state index in [0.29, 0.717) is 17.3 Å². The lowest BCUT2D eigenvalue weighted by atomic mass is 10.1. The number of amides is 2. The smallest absolute Gasteiger partial charge is 0.257 e. The molecule has 0 saturated carbocycles. The van der Waals surface area contributed by atoms with E-state index in [1.807, 2.05) is 6.07 Å². The second-order valence-corrected chi connectivity index (χ2v) is 5.68. The summed E-state index contributed by atoms with van der Waals surface area (Å²) in [6.07, 6.45) is 2.49. The second kappa shape index (κ2) is 8.05. The minimum atomic E-state index is -0.920. The maximum absolute atomic E-state index is 13.7. The zero-order valence-corrected chi connectivity index (χ0v) is 14.2. The lowest BCUT2D eigenvalue weighted by Gasteiger charge is -2.08. The standard InChI is InChI=1S/C20H12F2N4O2/c21-15-3-6-18(17(22)8-15)26-20(28)14-7-13(10-24-11-14)19(27)25-16-4-1-12(9-23)2-5-16/h1-8,10-11H,(H,25,27)(H,26,28). The van der Waals surface area contributed by atoms with Gasteiger partial charge in [-0.05, 0) is 42.5 Å². The predicted molar refractivity (Wildman–Crippen MR) is 97.7 cm³/mol. The molecule has 0 atom stereocenters. The highest BCUT2D eigenvalue weighted by Gasteiger charge is 2.14. The third-order valence-electron chi connectivity index (χ3n) is 3.71. The van der Waals surface area contributed by atoms with Crippen LogP contribution in [0.5, 0.6) is 0 Å². The molecule has 0 saturated heterocycles. The number of pyridine rings is 1. The first-order valence-electron chi connectivity index (χ1n) is 7.99. The molecule has 2 aromatic carbocycles. The molecule has 0 bridgehead atoms. The van der Waals surface area contributed by atoms with Crippen molar-refractivity contribution in [1.82, 2.24) is 4.98 Å². The van der Waals surface area contributed by atoms with E-state index in [1.165, 1.54) is 18.5 Å². The molecule has 0 aliphatic heterocycles. The minimum absolute atomic E-state index is 0.0243. The van der Waals surface area contributed by atoms with Crippen LogP contribution in [0.2, 0.25) is 0 Å². The SMILES string of the molecule is N#Cc1ccc(NC(=O)c2cncc(C(=O)Nc3ccc(F)cc3F)c2)cc1. The Hall–Kier alpha value is -4.12. The Bertz CT molecular complexity index is 1090. The van der Waals surface area contributed by atoms with Gasteiger partial charge in [0.2, 0.25) is 0 Å². The summed E-state index contributed by atoms with van der Waals surface area (Å²) in [6, 6.07) is 12.3. The Kier molecular flexibility index (Phi) is 5.37. The van der Waals surface area contributed by atoms with E-state index < -0.39 is 23.4 Å². The zero-order valence-electron chi connectivity index (χ0n) is 14.2. The van der Waals surface area contributed by atoms with Crippen molar-refractivity contribution in [2.45, 2.75) is 0 Å². The molecule has 138 valence electrons. The molecule has 0 aliphatic carbocycles. The molecule has 1 heterocycles. The predicted octanol–water partition coefficient (Wildman–Crippen LogP) is 3.74. The number of nitriles is 1. The van der Waals surface area contributed by atoms with Crippen molar-refractivity contribution in [3.05, 3.63) is 89.2 Å². The molecule has 3 aromatic rings. The lowest BCUT2D eigenvalue weighted by molar-refractivity contribution is 0.102. The summed E-state index contributed by atoms with van der Waals surface area (Å²) in [4.78, 5) is 28.5. The number of aromatic nitrogens is 1. The monoisotopic (exact) mass is 378 g/mol. The minimum Gasteiger partial charge on any atom is -0.322 e. The highest BCUT2D eigenvalue weighted by molar-refractivity contribution is 6.08. The van der Waals surface area contributed by atoms with Crippen LogP contribution < -0.4 is 10.6 Å². The topological polar surface area (TPSA) is 94.9 Å². The summed E-state index contributed by atoms with van der Waals surface area (Å²) >= 11 is 0. The average molecular weight is 378 g/mol. The first kappa shape index (κ1) is 18.7. The van der Waals surface area contributed by atoms with Crippen molar-refractivity contribution in [2.75, 3.05) is 10.6 Å². The number of nitrogens with zero attached hydrogens (tertiary/aromatic N) is 2. The quantitative estimate of drug-likeness (QED) is 0.723. The Balaban J connectivity index is 1.74. The maximum atomic E-state index is 13.7. The van der Waals surface area contributed by atoms with E-state index in [2.05, 4.69) is 15.6 Å². The average Bonchev–Trinajstić information content (AvgIpc) is 2.70. The molecule has 0 radical (unpaired) electrons. The Labute approximate surface area is 158 Å². The molecule has 0 unspecified atom stereocenters. The largest absolute Gasteiger partial charge is 0.322 e. The molecule has 3 rings (SSSR count). The van der Waals surface area contributed by atoms with Crippen LogP contribution in [0.25, 0.3) is 0 Å². The van der Waals surface area contributed by atoms with E-state index in [4.69, 9.17) is 5.26 Å². The highest BCUT2D eigenvalue weighted by atomic mass is 19.1. The Morgan fingerprint density at radius 1 is 0.893 bits per heavy atom. The summed E-state index contributed by atoms with van der Waals surface area (Å²) in [7, 11) is 0. The number of anilines is 2. The summed E-state index contributed by atoms with van der Waals surface area (Å²) < 4.78 is 26.6. The van der Waals surface area contributed by atoms with Crippen LogP contribution in [0.1, 0.15) is 26.3 Å². The number of hydrogen-bond donors (Lipinski definition) is 2. The number of rotatable bonds is 4. The van der Waals surface area contributed by atoms with E-state index in [9.17, 15) is 18.4 Å². The first-order chi connectivity index (χ1) is 13.5. The van der Waals surface area contributed by atoms with Crippen molar-refractivity contribution in [1.29, 1.82) is 5.26 Å². The van der Waals surface area contributed by atoms with Gasteiger partial charge in [-0.2, -0.15) is 5.26 Å². The van der Waals surface area contributed by atoms with E-state index in [1.54, 1.807) is 24.3 Å². The van der Waals surface area contributed by atoms with Crippen molar-refractivity contribution in [3.8, 4) is 6.07 Å². The summed E-state index contributed by atoms with van der Waals surface area (Å²) in [5.74, 6) is -2.90. The molecule has 6 nitrogen and oxygen atoms in total. The van der Waals surface area contributed by atoms with Gasteiger partial charge in [0.05, 0.1) is 28.4 Å². The summed E-state index contributed by atoms with van der Waals surface area (Å²) in [6.45, 7) is 0. The van der Waals surface area contributed by atoms with Crippen LogP contribution in [0.3, 0.4) is 0 Å². The van der Waals surface area contributed by atoms with Crippen LogP contribution >= 0.6 is 0 Å². The number of benzene rings is 2. The molecule has 1 aromatic heterocycles. The molecule has 0 fully saturated rings. The fraction of sp³-hybridized carbons (Fsp3) is 0. The van der Waals surface area contributed by atoms with Crippen LogP contribution in [0, 0.1) is 23.0 Å². The van der Waals surface area contributed by atoms with E-state index in [-0.39, 0.29) is 16.8 Å². The highest BCUT2D eigenvalue weighted by Crippen LogP contribution is 2.17. The molecule has 0 aliphatic rings. The van der Waals surface area contributed by atoms with Gasteiger partial charge in [0, 0.05) is 24.1 Å². The number of nitrogens with one attached hydrogen (secondary N) is 2. The molecule has 2 N–H and O–H groups in total. The Morgan fingerprint density at radius 3 is 2.14 bits per heavy atom. The number of carbonyl (C=O) groups is 2. The van der Waals surface area contributed by atoms with Crippen LogP contribution in [-0.2, 0) is 0 Å².